The summed E-state index contributed by atoms with van der Waals surface area (Å²) in [5.41, 5.74) is 1.20. The summed E-state index contributed by atoms with van der Waals surface area (Å²) in [6.45, 7) is 11.4. The van der Waals surface area contributed by atoms with Gasteiger partial charge in [-0.1, -0.05) is 425 Å². The van der Waals surface area contributed by atoms with Crippen molar-refractivity contribution in [3.63, 3.8) is 0 Å². The smallest absolute Gasteiger partial charge is 0.203 e. The maximum atomic E-state index is 6.62. The largest absolute Gasteiger partial charge is 0.490 e. The van der Waals surface area contributed by atoms with Gasteiger partial charge in [-0.15, -0.1) is 0 Å². The van der Waals surface area contributed by atoms with Gasteiger partial charge in [0, 0.05) is 0 Å². The Morgan fingerprint density at radius 2 is 0.317 bits per heavy atom. The summed E-state index contributed by atoms with van der Waals surface area (Å²) in [7, 11) is 0. The fourth-order valence-electron chi connectivity index (χ4n) is 12.7. The van der Waals surface area contributed by atoms with Crippen molar-refractivity contribution in [2.75, 3.05) is 19.8 Å². The molecule has 82 heavy (non-hydrogen) atoms. The fraction of sp³-hybridized carbons (Fsp3) is 0.924. The first-order valence-corrected chi connectivity index (χ1v) is 38.8. The van der Waals surface area contributed by atoms with Crippen LogP contribution < -0.4 is 14.2 Å². The van der Waals surface area contributed by atoms with E-state index < -0.39 is 0 Å². The molecule has 0 saturated carbocycles. The second-order valence-electron chi connectivity index (χ2n) is 26.9. The van der Waals surface area contributed by atoms with Gasteiger partial charge in [-0.25, -0.2) is 0 Å². The van der Waals surface area contributed by atoms with Crippen LogP contribution in [-0.4, -0.2) is 19.8 Å². The van der Waals surface area contributed by atoms with Gasteiger partial charge >= 0.3 is 0 Å². The number of hydrogen-bond donors (Lipinski definition) is 0. The third kappa shape index (κ3) is 59.0. The van der Waals surface area contributed by atoms with Crippen LogP contribution >= 0.6 is 0 Å². The zero-order valence-electron chi connectivity index (χ0n) is 57.2. The van der Waals surface area contributed by atoms with Gasteiger partial charge in [0.1, 0.15) is 0 Å². The van der Waals surface area contributed by atoms with Crippen LogP contribution in [-0.2, 0) is 0 Å². The number of unbranched alkanes of at least 4 members (excludes halogenated alkanes) is 63. The lowest BCUT2D eigenvalue weighted by Gasteiger charge is -2.18. The highest BCUT2D eigenvalue weighted by atomic mass is 16.5. The summed E-state index contributed by atoms with van der Waals surface area (Å²) in [4.78, 5) is 0. The summed E-state index contributed by atoms with van der Waals surface area (Å²) in [6, 6.07) is 4.39. The Morgan fingerprint density at radius 3 is 0.476 bits per heavy atom. The second kappa shape index (κ2) is 68.7. The topological polar surface area (TPSA) is 27.7 Å². The Bertz CT molecular complexity index is 1250. The Labute approximate surface area is 517 Å². The molecule has 0 N–H and O–H groups in total. The summed E-state index contributed by atoms with van der Waals surface area (Å²) in [5.74, 6) is 2.64. The molecule has 0 atom stereocenters. The Balaban J connectivity index is 2.29. The van der Waals surface area contributed by atoms with Gasteiger partial charge in [-0.2, -0.15) is 0 Å². The van der Waals surface area contributed by atoms with E-state index in [0.717, 1.165) is 56.3 Å². The van der Waals surface area contributed by atoms with Gasteiger partial charge in [0.15, 0.2) is 11.5 Å². The van der Waals surface area contributed by atoms with Gasteiger partial charge < -0.3 is 14.2 Å². The van der Waals surface area contributed by atoms with E-state index in [9.17, 15) is 0 Å². The SMILES string of the molecule is CCCCCCCCCCCCCCCCCCCCCCCCOc1cc(C)cc(OCCCCCCCCCCCCCCCCCCCCCCCC)c1OCCCCCCCCCCCCCCCCCCCCCCCC. The quantitative estimate of drug-likeness (QED) is 0.0609. The van der Waals surface area contributed by atoms with Crippen molar-refractivity contribution in [1.82, 2.24) is 0 Å². The van der Waals surface area contributed by atoms with Crippen LogP contribution in [0.3, 0.4) is 0 Å². The lowest BCUT2D eigenvalue weighted by atomic mass is 10.0. The fourth-order valence-corrected chi connectivity index (χ4v) is 12.7. The summed E-state index contributed by atoms with van der Waals surface area (Å²) < 4.78 is 19.7. The van der Waals surface area contributed by atoms with Crippen LogP contribution in [0.25, 0.3) is 0 Å². The first-order chi connectivity index (χ1) is 40.7. The lowest BCUT2D eigenvalue weighted by Crippen LogP contribution is -2.06. The molecule has 0 amide bonds. The number of aryl methyl sites for hydroxylation is 1. The zero-order valence-corrected chi connectivity index (χ0v) is 57.2. The summed E-state index contributed by atoms with van der Waals surface area (Å²) >= 11 is 0. The van der Waals surface area contributed by atoms with E-state index in [1.807, 2.05) is 0 Å². The molecular weight excluding hydrogens is 997 g/mol. The van der Waals surface area contributed by atoms with Crippen molar-refractivity contribution in [2.24, 2.45) is 0 Å². The molecule has 0 bridgehead atoms. The second-order valence-corrected chi connectivity index (χ2v) is 26.9. The summed E-state index contributed by atoms with van der Waals surface area (Å²) in [6.07, 6.45) is 93.3. The highest BCUT2D eigenvalue weighted by molar-refractivity contribution is 5.53. The van der Waals surface area contributed by atoms with Crippen LogP contribution in [0.2, 0.25) is 0 Å². The average molecular weight is 1150 g/mol. The standard InChI is InChI=1S/C79H152O3/c1-5-8-11-14-17-20-23-26-29-32-35-38-41-44-47-50-53-56-59-62-65-68-71-80-77-74-76(4)75-78(81-72-69-66-63-60-57-54-51-48-45-42-39-36-33-30-27-24-21-18-15-12-9-6-2)79(77)82-73-70-67-64-61-58-55-52-49-46-43-40-37-34-31-28-25-22-19-16-13-10-7-3/h74-75H,5-73H2,1-4H3. The molecule has 0 aliphatic heterocycles. The van der Waals surface area contributed by atoms with Gasteiger partial charge in [-0.3, -0.25) is 0 Å². The number of hydrogen-bond acceptors (Lipinski definition) is 3. The van der Waals surface area contributed by atoms with Crippen molar-refractivity contribution >= 4 is 0 Å². The molecule has 3 heteroatoms. The minimum Gasteiger partial charge on any atom is -0.490 e. The van der Waals surface area contributed by atoms with E-state index in [1.54, 1.807) is 0 Å². The molecule has 0 radical (unpaired) electrons. The minimum absolute atomic E-state index is 0.744. The van der Waals surface area contributed by atoms with Crippen molar-refractivity contribution < 1.29 is 14.2 Å². The first-order valence-electron chi connectivity index (χ1n) is 38.8. The van der Waals surface area contributed by atoms with E-state index in [2.05, 4.69) is 39.8 Å². The lowest BCUT2D eigenvalue weighted by molar-refractivity contribution is 0.234. The van der Waals surface area contributed by atoms with Crippen molar-refractivity contribution in [3.05, 3.63) is 17.7 Å². The number of ether oxygens (including phenoxy) is 3. The van der Waals surface area contributed by atoms with Crippen LogP contribution in [0.5, 0.6) is 17.2 Å². The van der Waals surface area contributed by atoms with Crippen molar-refractivity contribution in [1.29, 1.82) is 0 Å². The molecule has 486 valence electrons. The van der Waals surface area contributed by atoms with Gasteiger partial charge in [-0.05, 0) is 43.9 Å². The number of rotatable bonds is 72. The predicted octanol–water partition coefficient (Wildman–Crippen LogP) is 28.9. The molecule has 0 fully saturated rings. The van der Waals surface area contributed by atoms with Gasteiger partial charge in [0.2, 0.25) is 5.75 Å². The van der Waals surface area contributed by atoms with Gasteiger partial charge in [0.25, 0.3) is 0 Å². The maximum Gasteiger partial charge on any atom is 0.203 e. The van der Waals surface area contributed by atoms with Crippen molar-refractivity contribution in [3.8, 4) is 17.2 Å². The first kappa shape index (κ1) is 78.6. The van der Waals surface area contributed by atoms with Crippen LogP contribution in [0.4, 0.5) is 0 Å². The Kier molecular flexibility index (Phi) is 65.9. The Hall–Kier alpha value is -1.38. The van der Waals surface area contributed by atoms with E-state index >= 15 is 0 Å². The van der Waals surface area contributed by atoms with E-state index in [0.29, 0.717) is 0 Å². The molecular formula is C79H152O3. The monoisotopic (exact) mass is 1150 g/mol. The van der Waals surface area contributed by atoms with E-state index in [1.165, 1.54) is 410 Å². The van der Waals surface area contributed by atoms with Gasteiger partial charge in [0.05, 0.1) is 19.8 Å². The summed E-state index contributed by atoms with van der Waals surface area (Å²) in [5, 5.41) is 0. The predicted molar refractivity (Wildman–Crippen MR) is 369 cm³/mol. The normalized spacial score (nSPS) is 11.6. The molecule has 0 unspecified atom stereocenters. The molecule has 0 heterocycles. The molecule has 0 aliphatic rings. The highest BCUT2D eigenvalue weighted by Gasteiger charge is 2.15. The van der Waals surface area contributed by atoms with E-state index in [-0.39, 0.29) is 0 Å². The van der Waals surface area contributed by atoms with Crippen LogP contribution in [0.1, 0.15) is 450 Å². The molecule has 1 aromatic carbocycles. The minimum atomic E-state index is 0.744. The van der Waals surface area contributed by atoms with Crippen LogP contribution in [0.15, 0.2) is 12.1 Å². The molecule has 0 aliphatic carbocycles. The average Bonchev–Trinajstić information content (AvgIpc) is 3.50. The molecule has 0 aromatic heterocycles. The molecule has 1 rings (SSSR count). The molecule has 0 saturated heterocycles. The third-order valence-corrected chi connectivity index (χ3v) is 18.4. The Morgan fingerprint density at radius 1 is 0.183 bits per heavy atom. The van der Waals surface area contributed by atoms with E-state index in [4.69, 9.17) is 14.2 Å². The van der Waals surface area contributed by atoms with Crippen molar-refractivity contribution in [2.45, 2.75) is 451 Å². The maximum absolute atomic E-state index is 6.62. The molecule has 0 spiro atoms. The molecule has 3 nitrogen and oxygen atoms in total. The zero-order chi connectivity index (χ0) is 58.6. The molecule has 1 aromatic rings. The highest BCUT2D eigenvalue weighted by Crippen LogP contribution is 2.39. The third-order valence-electron chi connectivity index (χ3n) is 18.4. The number of benzene rings is 1. The van der Waals surface area contributed by atoms with Crippen LogP contribution in [0, 0.1) is 6.92 Å².